The second kappa shape index (κ2) is 10.1. The van der Waals surface area contributed by atoms with E-state index in [1.807, 2.05) is 18.3 Å². The van der Waals surface area contributed by atoms with Gasteiger partial charge in [-0.3, -0.25) is 4.68 Å². The number of hydrogen-bond acceptors (Lipinski definition) is 5. The summed E-state index contributed by atoms with van der Waals surface area (Å²) in [7, 11) is -0.511. The summed E-state index contributed by atoms with van der Waals surface area (Å²) in [6.07, 6.45) is 3.57. The zero-order chi connectivity index (χ0) is 22.3. The first kappa shape index (κ1) is 22.3. The zero-order valence-electron chi connectivity index (χ0n) is 17.4. The summed E-state index contributed by atoms with van der Waals surface area (Å²) in [5.74, 6) is 0.641. The number of benzene rings is 2. The summed E-state index contributed by atoms with van der Waals surface area (Å²) >= 11 is 0. The number of nitrogens with one attached hydrogen (secondary N) is 2. The molecule has 2 N–H and O–H groups in total. The van der Waals surface area contributed by atoms with E-state index in [1.165, 1.54) is 26.2 Å². The number of sulfonamides is 1. The summed E-state index contributed by atoms with van der Waals surface area (Å²) in [6.45, 7) is 1.34. The fourth-order valence-electron chi connectivity index (χ4n) is 2.70. The first-order valence-electron chi connectivity index (χ1n) is 9.61. The van der Waals surface area contributed by atoms with E-state index in [0.29, 0.717) is 24.6 Å². The number of rotatable bonds is 9. The molecule has 1 aromatic heterocycles. The molecule has 0 atom stereocenters. The van der Waals surface area contributed by atoms with Crippen LogP contribution in [0.25, 0.3) is 0 Å². The Labute approximate surface area is 181 Å². The monoisotopic (exact) mass is 443 g/mol. The van der Waals surface area contributed by atoms with E-state index in [-0.39, 0.29) is 17.5 Å². The van der Waals surface area contributed by atoms with Crippen LogP contribution in [0, 0.1) is 0 Å². The Bertz CT molecular complexity index is 1100. The van der Waals surface area contributed by atoms with Gasteiger partial charge in [-0.2, -0.15) is 5.10 Å². The number of urea groups is 1. The van der Waals surface area contributed by atoms with Crippen molar-refractivity contribution < 1.29 is 17.9 Å². The Hall–Kier alpha value is -3.37. The van der Waals surface area contributed by atoms with E-state index in [9.17, 15) is 13.2 Å². The van der Waals surface area contributed by atoms with Gasteiger partial charge in [0, 0.05) is 44.8 Å². The summed E-state index contributed by atoms with van der Waals surface area (Å²) in [4.78, 5) is 12.4. The molecule has 1 heterocycles. The first-order valence-corrected chi connectivity index (χ1v) is 11.1. The molecule has 9 nitrogen and oxygen atoms in total. The van der Waals surface area contributed by atoms with Crippen LogP contribution in [0.4, 0.5) is 10.5 Å². The van der Waals surface area contributed by atoms with Crippen LogP contribution in [0.2, 0.25) is 0 Å². The normalized spacial score (nSPS) is 11.3. The molecule has 0 aliphatic rings. The molecule has 164 valence electrons. The van der Waals surface area contributed by atoms with Gasteiger partial charge in [0.1, 0.15) is 12.4 Å². The van der Waals surface area contributed by atoms with Crippen molar-refractivity contribution in [3.05, 3.63) is 72.6 Å². The van der Waals surface area contributed by atoms with Crippen molar-refractivity contribution >= 4 is 21.7 Å². The highest BCUT2D eigenvalue weighted by molar-refractivity contribution is 7.89. The molecule has 0 bridgehead atoms. The van der Waals surface area contributed by atoms with Crippen LogP contribution < -0.4 is 15.4 Å². The number of carbonyl (C=O) groups is 1. The molecular weight excluding hydrogens is 418 g/mol. The maximum absolute atomic E-state index is 12.2. The SMILES string of the molecule is CN(C)S(=O)(=O)c1ccc(CNC(=O)Nc2cccc(OCCn3cccn3)c2)cc1. The van der Waals surface area contributed by atoms with Gasteiger partial charge in [-0.05, 0) is 35.9 Å². The number of nitrogens with zero attached hydrogens (tertiary/aromatic N) is 3. The molecule has 0 aliphatic carbocycles. The van der Waals surface area contributed by atoms with Gasteiger partial charge in [0.05, 0.1) is 11.4 Å². The van der Waals surface area contributed by atoms with Crippen LogP contribution in [0.15, 0.2) is 71.9 Å². The van der Waals surface area contributed by atoms with Crippen molar-refractivity contribution in [3.63, 3.8) is 0 Å². The molecule has 3 rings (SSSR count). The smallest absolute Gasteiger partial charge is 0.319 e. The highest BCUT2D eigenvalue weighted by Crippen LogP contribution is 2.17. The number of anilines is 1. The molecule has 0 aliphatic heterocycles. The van der Waals surface area contributed by atoms with Crippen molar-refractivity contribution in [2.24, 2.45) is 0 Å². The molecular formula is C21H25N5O4S. The number of amides is 2. The fraction of sp³-hybridized carbons (Fsp3) is 0.238. The molecule has 0 saturated carbocycles. The van der Waals surface area contributed by atoms with Crippen LogP contribution in [0.3, 0.4) is 0 Å². The molecule has 31 heavy (non-hydrogen) atoms. The van der Waals surface area contributed by atoms with Crippen LogP contribution >= 0.6 is 0 Å². The minimum atomic E-state index is -3.47. The molecule has 0 unspecified atom stereocenters. The van der Waals surface area contributed by atoms with Gasteiger partial charge in [0.2, 0.25) is 10.0 Å². The summed E-state index contributed by atoms with van der Waals surface area (Å²) < 4.78 is 32.8. The number of ether oxygens (including phenoxy) is 1. The third kappa shape index (κ3) is 6.30. The minimum absolute atomic E-state index is 0.204. The van der Waals surface area contributed by atoms with Crippen molar-refractivity contribution in [2.75, 3.05) is 26.0 Å². The van der Waals surface area contributed by atoms with Gasteiger partial charge in [-0.25, -0.2) is 17.5 Å². The molecule has 10 heteroatoms. The number of hydrogen-bond donors (Lipinski definition) is 2. The molecule has 2 amide bonds. The Balaban J connectivity index is 1.48. The van der Waals surface area contributed by atoms with Gasteiger partial charge in [0.25, 0.3) is 0 Å². The van der Waals surface area contributed by atoms with E-state index in [2.05, 4.69) is 15.7 Å². The van der Waals surface area contributed by atoms with E-state index in [4.69, 9.17) is 4.74 Å². The summed E-state index contributed by atoms with van der Waals surface area (Å²) in [5, 5.41) is 9.62. The predicted molar refractivity (Wildman–Crippen MR) is 117 cm³/mol. The van der Waals surface area contributed by atoms with Gasteiger partial charge >= 0.3 is 6.03 Å². The van der Waals surface area contributed by atoms with Crippen LogP contribution in [-0.4, -0.2) is 49.2 Å². The first-order chi connectivity index (χ1) is 14.8. The predicted octanol–water partition coefficient (Wildman–Crippen LogP) is 2.53. The lowest BCUT2D eigenvalue weighted by molar-refractivity contribution is 0.251. The largest absolute Gasteiger partial charge is 0.492 e. The molecule has 3 aromatic rings. The molecule has 0 saturated heterocycles. The summed E-state index contributed by atoms with van der Waals surface area (Å²) in [6, 6.07) is 15.0. The maximum atomic E-state index is 12.2. The Morgan fingerprint density at radius 2 is 1.90 bits per heavy atom. The lowest BCUT2D eigenvalue weighted by Gasteiger charge is -2.12. The van der Waals surface area contributed by atoms with E-state index in [0.717, 1.165) is 9.87 Å². The Morgan fingerprint density at radius 1 is 1.13 bits per heavy atom. The van der Waals surface area contributed by atoms with Crippen LogP contribution in [0.5, 0.6) is 5.75 Å². The van der Waals surface area contributed by atoms with Crippen LogP contribution in [-0.2, 0) is 23.1 Å². The highest BCUT2D eigenvalue weighted by Gasteiger charge is 2.16. The molecule has 0 radical (unpaired) electrons. The van der Waals surface area contributed by atoms with E-state index < -0.39 is 10.0 Å². The standard InChI is InChI=1S/C21H25N5O4S/c1-25(2)31(28,29)20-9-7-17(8-10-20)16-22-21(27)24-18-5-3-6-19(15-18)30-14-13-26-12-4-11-23-26/h3-12,15H,13-14,16H2,1-2H3,(H2,22,24,27). The quantitative estimate of drug-likeness (QED) is 0.529. The van der Waals surface area contributed by atoms with E-state index in [1.54, 1.807) is 41.2 Å². The third-order valence-electron chi connectivity index (χ3n) is 4.40. The molecule has 0 fully saturated rings. The number of carbonyl (C=O) groups excluding carboxylic acids is 1. The van der Waals surface area contributed by atoms with Gasteiger partial charge < -0.3 is 15.4 Å². The van der Waals surface area contributed by atoms with E-state index >= 15 is 0 Å². The lowest BCUT2D eigenvalue weighted by Crippen LogP contribution is -2.28. The maximum Gasteiger partial charge on any atom is 0.319 e. The number of aromatic nitrogens is 2. The lowest BCUT2D eigenvalue weighted by atomic mass is 10.2. The average Bonchev–Trinajstić information content (AvgIpc) is 3.26. The van der Waals surface area contributed by atoms with Crippen molar-refractivity contribution in [1.29, 1.82) is 0 Å². The van der Waals surface area contributed by atoms with Crippen molar-refractivity contribution in [2.45, 2.75) is 18.0 Å². The van der Waals surface area contributed by atoms with Crippen molar-refractivity contribution in [3.8, 4) is 5.75 Å². The zero-order valence-corrected chi connectivity index (χ0v) is 18.2. The second-order valence-electron chi connectivity index (χ2n) is 6.88. The van der Waals surface area contributed by atoms with Crippen molar-refractivity contribution in [1.82, 2.24) is 19.4 Å². The average molecular weight is 444 g/mol. The molecule has 0 spiro atoms. The third-order valence-corrected chi connectivity index (χ3v) is 6.22. The second-order valence-corrected chi connectivity index (χ2v) is 9.04. The fourth-order valence-corrected chi connectivity index (χ4v) is 3.60. The van der Waals surface area contributed by atoms with Gasteiger partial charge in [-0.15, -0.1) is 0 Å². The topological polar surface area (TPSA) is 106 Å². The Kier molecular flexibility index (Phi) is 7.27. The van der Waals surface area contributed by atoms with Crippen LogP contribution in [0.1, 0.15) is 5.56 Å². The van der Waals surface area contributed by atoms with Gasteiger partial charge in [-0.1, -0.05) is 18.2 Å². The van der Waals surface area contributed by atoms with Gasteiger partial charge in [0.15, 0.2) is 0 Å². The molecule has 2 aromatic carbocycles. The summed E-state index contributed by atoms with van der Waals surface area (Å²) in [5.41, 5.74) is 1.38. The highest BCUT2D eigenvalue weighted by atomic mass is 32.2. The Morgan fingerprint density at radius 3 is 2.58 bits per heavy atom. The minimum Gasteiger partial charge on any atom is -0.492 e.